The molecule has 7 nitrogen and oxygen atoms in total. The number of hydrogen-bond acceptors (Lipinski definition) is 6. The average Bonchev–Trinajstić information content (AvgIpc) is 2.69. The molecule has 1 heterocycles. The van der Waals surface area contributed by atoms with Crippen LogP contribution in [-0.2, 0) is 6.54 Å². The number of unbranched alkanes of at least 4 members (excludes halogenated alkanes) is 1. The number of carbonyl (C=O) groups is 1. The Morgan fingerprint density at radius 3 is 2.65 bits per heavy atom. The molecule has 0 atom stereocenters. The lowest BCUT2D eigenvalue weighted by molar-refractivity contribution is 0.0946. The molecule has 0 aliphatic carbocycles. The molecule has 1 amide bonds. The summed E-state index contributed by atoms with van der Waals surface area (Å²) in [5.41, 5.74) is 1.25. The molecule has 0 spiro atoms. The van der Waals surface area contributed by atoms with Gasteiger partial charge in [0.1, 0.15) is 5.69 Å². The summed E-state index contributed by atoms with van der Waals surface area (Å²) in [5, 5.41) is 2.87. The molecule has 0 fully saturated rings. The number of nitrogens with one attached hydrogen (secondary N) is 1. The Kier molecular flexibility index (Phi) is 7.20. The minimum Gasteiger partial charge on any atom is -0.493 e. The molecule has 26 heavy (non-hydrogen) atoms. The van der Waals surface area contributed by atoms with E-state index in [0.717, 1.165) is 24.9 Å². The van der Waals surface area contributed by atoms with E-state index in [4.69, 9.17) is 9.47 Å². The van der Waals surface area contributed by atoms with Gasteiger partial charge in [-0.1, -0.05) is 19.4 Å². The number of amides is 1. The summed E-state index contributed by atoms with van der Waals surface area (Å²) in [6, 6.07) is 7.14. The number of nitrogens with zero attached hydrogens (tertiary/aromatic N) is 3. The van der Waals surface area contributed by atoms with Gasteiger partial charge in [0, 0.05) is 26.3 Å². The maximum absolute atomic E-state index is 12.4. The van der Waals surface area contributed by atoms with Gasteiger partial charge in [0.2, 0.25) is 5.95 Å². The number of anilines is 1. The van der Waals surface area contributed by atoms with Crippen LogP contribution in [0.1, 0.15) is 35.8 Å². The Morgan fingerprint density at radius 2 is 1.96 bits per heavy atom. The van der Waals surface area contributed by atoms with Crippen molar-refractivity contribution in [1.29, 1.82) is 0 Å². The van der Waals surface area contributed by atoms with Gasteiger partial charge in [-0.15, -0.1) is 0 Å². The molecule has 0 radical (unpaired) electrons. The standard InChI is InChI=1S/C19H26N4O3/c1-5-6-11-23(2)19-20-10-9-15(22-19)18(24)21-13-14-7-8-16(25-3)17(12-14)26-4/h7-10,12H,5-6,11,13H2,1-4H3,(H,21,24). The highest BCUT2D eigenvalue weighted by Gasteiger charge is 2.12. The molecule has 140 valence electrons. The van der Waals surface area contributed by atoms with Crippen molar-refractivity contribution < 1.29 is 14.3 Å². The third-order valence-electron chi connectivity index (χ3n) is 3.97. The van der Waals surface area contributed by atoms with Crippen molar-refractivity contribution in [3.05, 3.63) is 41.7 Å². The number of aromatic nitrogens is 2. The van der Waals surface area contributed by atoms with Gasteiger partial charge in [0.25, 0.3) is 5.91 Å². The normalized spacial score (nSPS) is 10.3. The quantitative estimate of drug-likeness (QED) is 0.743. The average molecular weight is 358 g/mol. The Balaban J connectivity index is 2.02. The first kappa shape index (κ1) is 19.5. The summed E-state index contributed by atoms with van der Waals surface area (Å²) < 4.78 is 10.5. The van der Waals surface area contributed by atoms with E-state index in [0.29, 0.717) is 29.7 Å². The van der Waals surface area contributed by atoms with Crippen molar-refractivity contribution in [1.82, 2.24) is 15.3 Å². The van der Waals surface area contributed by atoms with Crippen molar-refractivity contribution in [2.45, 2.75) is 26.3 Å². The highest BCUT2D eigenvalue weighted by atomic mass is 16.5. The summed E-state index contributed by atoms with van der Waals surface area (Å²) in [5.74, 6) is 1.59. The molecule has 1 N–H and O–H groups in total. The van der Waals surface area contributed by atoms with Gasteiger partial charge in [-0.05, 0) is 30.2 Å². The minimum absolute atomic E-state index is 0.243. The lowest BCUT2D eigenvalue weighted by Crippen LogP contribution is -2.26. The fourth-order valence-corrected chi connectivity index (χ4v) is 2.42. The van der Waals surface area contributed by atoms with Gasteiger partial charge < -0.3 is 19.7 Å². The maximum atomic E-state index is 12.4. The van der Waals surface area contributed by atoms with E-state index in [2.05, 4.69) is 22.2 Å². The molecular weight excluding hydrogens is 332 g/mol. The van der Waals surface area contributed by atoms with Crippen LogP contribution in [0.15, 0.2) is 30.5 Å². The van der Waals surface area contributed by atoms with Crippen molar-refractivity contribution in [3.63, 3.8) is 0 Å². The highest BCUT2D eigenvalue weighted by molar-refractivity contribution is 5.92. The first-order valence-electron chi connectivity index (χ1n) is 8.62. The van der Waals surface area contributed by atoms with Gasteiger partial charge in [0.15, 0.2) is 11.5 Å². The Morgan fingerprint density at radius 1 is 1.19 bits per heavy atom. The van der Waals surface area contributed by atoms with E-state index in [-0.39, 0.29) is 5.91 Å². The van der Waals surface area contributed by atoms with E-state index in [1.807, 2.05) is 30.1 Å². The molecule has 0 saturated heterocycles. The molecular formula is C19H26N4O3. The first-order valence-corrected chi connectivity index (χ1v) is 8.62. The molecule has 0 bridgehead atoms. The number of ether oxygens (including phenoxy) is 2. The molecule has 1 aromatic heterocycles. The topological polar surface area (TPSA) is 76.6 Å². The highest BCUT2D eigenvalue weighted by Crippen LogP contribution is 2.27. The largest absolute Gasteiger partial charge is 0.493 e. The Labute approximate surface area is 154 Å². The zero-order chi connectivity index (χ0) is 18.9. The smallest absolute Gasteiger partial charge is 0.270 e. The fourth-order valence-electron chi connectivity index (χ4n) is 2.42. The molecule has 0 aliphatic heterocycles. The zero-order valence-electron chi connectivity index (χ0n) is 15.8. The number of rotatable bonds is 9. The number of carbonyl (C=O) groups excluding carboxylic acids is 1. The van der Waals surface area contributed by atoms with Crippen LogP contribution in [0.3, 0.4) is 0 Å². The summed E-state index contributed by atoms with van der Waals surface area (Å²) in [4.78, 5) is 23.0. The monoisotopic (exact) mass is 358 g/mol. The third kappa shape index (κ3) is 5.08. The molecule has 7 heteroatoms. The molecule has 1 aromatic carbocycles. The van der Waals surface area contributed by atoms with Crippen LogP contribution in [0.2, 0.25) is 0 Å². The Bertz CT molecular complexity index is 736. The predicted octanol–water partition coefficient (Wildman–Crippen LogP) is 2.66. The first-order chi connectivity index (χ1) is 12.6. The lowest BCUT2D eigenvalue weighted by Gasteiger charge is -2.16. The summed E-state index contributed by atoms with van der Waals surface area (Å²) in [7, 11) is 5.09. The molecule has 0 unspecified atom stereocenters. The van der Waals surface area contributed by atoms with E-state index >= 15 is 0 Å². The third-order valence-corrected chi connectivity index (χ3v) is 3.97. The fraction of sp³-hybridized carbons (Fsp3) is 0.421. The van der Waals surface area contributed by atoms with Crippen LogP contribution in [0.4, 0.5) is 5.95 Å². The summed E-state index contributed by atoms with van der Waals surface area (Å²) >= 11 is 0. The maximum Gasteiger partial charge on any atom is 0.270 e. The van der Waals surface area contributed by atoms with Gasteiger partial charge in [-0.2, -0.15) is 0 Å². The van der Waals surface area contributed by atoms with E-state index in [1.165, 1.54) is 0 Å². The van der Waals surface area contributed by atoms with E-state index in [1.54, 1.807) is 26.5 Å². The van der Waals surface area contributed by atoms with Crippen LogP contribution in [-0.4, -0.2) is 43.7 Å². The predicted molar refractivity (Wildman–Crippen MR) is 101 cm³/mol. The number of benzene rings is 1. The van der Waals surface area contributed by atoms with Crippen LogP contribution in [0, 0.1) is 0 Å². The number of hydrogen-bond donors (Lipinski definition) is 1. The van der Waals surface area contributed by atoms with Gasteiger partial charge in [0.05, 0.1) is 14.2 Å². The van der Waals surface area contributed by atoms with Gasteiger partial charge >= 0.3 is 0 Å². The second kappa shape index (κ2) is 9.60. The second-order valence-corrected chi connectivity index (χ2v) is 5.89. The molecule has 2 rings (SSSR count). The van der Waals surface area contributed by atoms with E-state index in [9.17, 15) is 4.79 Å². The van der Waals surface area contributed by atoms with Crippen LogP contribution in [0.5, 0.6) is 11.5 Å². The van der Waals surface area contributed by atoms with Crippen LogP contribution in [0.25, 0.3) is 0 Å². The molecule has 2 aromatic rings. The minimum atomic E-state index is -0.243. The summed E-state index contributed by atoms with van der Waals surface area (Å²) in [6.07, 6.45) is 3.75. The van der Waals surface area contributed by atoms with Gasteiger partial charge in [-0.3, -0.25) is 4.79 Å². The van der Waals surface area contributed by atoms with Crippen LogP contribution < -0.4 is 19.7 Å². The molecule has 0 aliphatic rings. The Hall–Kier alpha value is -2.83. The van der Waals surface area contributed by atoms with Crippen molar-refractivity contribution in [3.8, 4) is 11.5 Å². The second-order valence-electron chi connectivity index (χ2n) is 5.89. The van der Waals surface area contributed by atoms with Crippen LogP contribution >= 0.6 is 0 Å². The zero-order valence-corrected chi connectivity index (χ0v) is 15.8. The van der Waals surface area contributed by atoms with Crippen molar-refractivity contribution >= 4 is 11.9 Å². The van der Waals surface area contributed by atoms with Gasteiger partial charge in [-0.25, -0.2) is 9.97 Å². The number of methoxy groups -OCH3 is 2. The van der Waals surface area contributed by atoms with Crippen molar-refractivity contribution in [2.24, 2.45) is 0 Å². The van der Waals surface area contributed by atoms with Crippen molar-refractivity contribution in [2.75, 3.05) is 32.7 Å². The molecule has 0 saturated carbocycles. The van der Waals surface area contributed by atoms with E-state index < -0.39 is 0 Å². The summed E-state index contributed by atoms with van der Waals surface area (Å²) in [6.45, 7) is 3.35. The lowest BCUT2D eigenvalue weighted by atomic mass is 10.2. The SMILES string of the molecule is CCCCN(C)c1nccc(C(=O)NCc2ccc(OC)c(OC)c2)n1.